The summed E-state index contributed by atoms with van der Waals surface area (Å²) < 4.78 is 0. The maximum absolute atomic E-state index is 3.95. The molecule has 3 rings (SSSR count). The molecule has 0 spiro atoms. The van der Waals surface area contributed by atoms with E-state index in [-0.39, 0.29) is 0 Å². The first-order chi connectivity index (χ1) is 7.69. The largest absolute Gasteiger partial charge is 0.313 e. The molecule has 3 aliphatic carbocycles. The van der Waals surface area contributed by atoms with Gasteiger partial charge in [0.25, 0.3) is 0 Å². The molecule has 16 heavy (non-hydrogen) atoms. The molecule has 92 valence electrons. The summed E-state index contributed by atoms with van der Waals surface area (Å²) >= 11 is 0. The van der Waals surface area contributed by atoms with Crippen molar-refractivity contribution in [1.82, 2.24) is 5.32 Å². The van der Waals surface area contributed by atoms with E-state index in [1.54, 1.807) is 0 Å². The summed E-state index contributed by atoms with van der Waals surface area (Å²) in [5.41, 5.74) is 0.718. The lowest BCUT2D eigenvalue weighted by Crippen LogP contribution is -2.37. The van der Waals surface area contributed by atoms with Crippen LogP contribution in [0.25, 0.3) is 0 Å². The third kappa shape index (κ3) is 2.61. The molecule has 0 unspecified atom stereocenters. The topological polar surface area (TPSA) is 12.0 Å². The molecular formula is C15H27N. The Morgan fingerprint density at radius 3 is 2.00 bits per heavy atom. The van der Waals surface area contributed by atoms with Crippen LogP contribution in [0, 0.1) is 23.2 Å². The van der Waals surface area contributed by atoms with Crippen molar-refractivity contribution < 1.29 is 0 Å². The molecule has 0 heterocycles. The fourth-order valence-corrected chi connectivity index (χ4v) is 3.46. The molecule has 0 saturated heterocycles. The number of hydrogen-bond donors (Lipinski definition) is 1. The van der Waals surface area contributed by atoms with Crippen LogP contribution in [-0.2, 0) is 0 Å². The van der Waals surface area contributed by atoms with Gasteiger partial charge in [-0.15, -0.1) is 0 Å². The highest BCUT2D eigenvalue weighted by molar-refractivity contribution is 5.01. The van der Waals surface area contributed by atoms with Crippen LogP contribution in [0.3, 0.4) is 0 Å². The SMILES string of the molecule is CC(C)CC1(CNC(C2CC2)C2CC2)CC1. The highest BCUT2D eigenvalue weighted by atomic mass is 15.0. The Balaban J connectivity index is 1.47. The van der Waals surface area contributed by atoms with Gasteiger partial charge in [0, 0.05) is 12.6 Å². The zero-order valence-electron chi connectivity index (χ0n) is 11.0. The lowest BCUT2D eigenvalue weighted by molar-refractivity contribution is 0.320. The average Bonchev–Trinajstić information content (AvgIpc) is 3.08. The van der Waals surface area contributed by atoms with Crippen LogP contribution in [0.4, 0.5) is 0 Å². The van der Waals surface area contributed by atoms with E-state index in [0.717, 1.165) is 29.2 Å². The first-order valence-electron chi connectivity index (χ1n) is 7.42. The molecule has 3 fully saturated rings. The fraction of sp³-hybridized carbons (Fsp3) is 1.00. The van der Waals surface area contributed by atoms with E-state index in [2.05, 4.69) is 19.2 Å². The summed E-state index contributed by atoms with van der Waals surface area (Å²) in [6.45, 7) is 6.07. The summed E-state index contributed by atoms with van der Waals surface area (Å²) in [5.74, 6) is 2.99. The van der Waals surface area contributed by atoms with Gasteiger partial charge in [0.15, 0.2) is 0 Å². The lowest BCUT2D eigenvalue weighted by Gasteiger charge is -2.23. The summed E-state index contributed by atoms with van der Waals surface area (Å²) in [5, 5.41) is 3.95. The van der Waals surface area contributed by atoms with Gasteiger partial charge < -0.3 is 5.32 Å². The molecule has 0 amide bonds. The van der Waals surface area contributed by atoms with Gasteiger partial charge >= 0.3 is 0 Å². The molecule has 0 atom stereocenters. The van der Waals surface area contributed by atoms with E-state index in [9.17, 15) is 0 Å². The van der Waals surface area contributed by atoms with E-state index in [0.29, 0.717) is 0 Å². The maximum atomic E-state index is 3.95. The van der Waals surface area contributed by atoms with Gasteiger partial charge in [0.2, 0.25) is 0 Å². The van der Waals surface area contributed by atoms with Crippen molar-refractivity contribution in [1.29, 1.82) is 0 Å². The minimum Gasteiger partial charge on any atom is -0.313 e. The van der Waals surface area contributed by atoms with Gasteiger partial charge in [-0.05, 0) is 68.1 Å². The molecule has 0 bridgehead atoms. The molecule has 0 radical (unpaired) electrons. The van der Waals surface area contributed by atoms with E-state index in [1.165, 1.54) is 51.5 Å². The third-order valence-corrected chi connectivity index (χ3v) is 4.77. The predicted molar refractivity (Wildman–Crippen MR) is 68.4 cm³/mol. The normalized spacial score (nSPS) is 27.8. The zero-order chi connectivity index (χ0) is 11.2. The second kappa shape index (κ2) is 4.01. The van der Waals surface area contributed by atoms with Gasteiger partial charge in [0.1, 0.15) is 0 Å². The molecule has 3 aliphatic rings. The van der Waals surface area contributed by atoms with Crippen molar-refractivity contribution in [3.63, 3.8) is 0 Å². The quantitative estimate of drug-likeness (QED) is 0.693. The molecule has 1 nitrogen and oxygen atoms in total. The number of rotatable bonds is 7. The lowest BCUT2D eigenvalue weighted by atomic mass is 9.93. The summed E-state index contributed by atoms with van der Waals surface area (Å²) in [7, 11) is 0. The standard InChI is InChI=1S/C15H27N/c1-11(2)9-15(7-8-15)10-16-14(12-3-4-12)13-5-6-13/h11-14,16H,3-10H2,1-2H3. The predicted octanol–water partition coefficient (Wildman–Crippen LogP) is 3.59. The van der Waals surface area contributed by atoms with Gasteiger partial charge in [0.05, 0.1) is 0 Å². The maximum Gasteiger partial charge on any atom is 0.0124 e. The van der Waals surface area contributed by atoms with Crippen LogP contribution in [0.1, 0.15) is 58.8 Å². The van der Waals surface area contributed by atoms with E-state index >= 15 is 0 Å². The van der Waals surface area contributed by atoms with Crippen molar-refractivity contribution in [2.75, 3.05) is 6.54 Å². The Hall–Kier alpha value is -0.0400. The van der Waals surface area contributed by atoms with Crippen LogP contribution in [0.15, 0.2) is 0 Å². The highest BCUT2D eigenvalue weighted by Gasteiger charge is 2.46. The van der Waals surface area contributed by atoms with Crippen molar-refractivity contribution in [2.24, 2.45) is 23.2 Å². The summed E-state index contributed by atoms with van der Waals surface area (Å²) in [4.78, 5) is 0. The minimum absolute atomic E-state index is 0.718. The number of hydrogen-bond acceptors (Lipinski definition) is 1. The summed E-state index contributed by atoms with van der Waals surface area (Å²) in [6.07, 6.45) is 10.4. The molecule has 0 aromatic heterocycles. The minimum atomic E-state index is 0.718. The Morgan fingerprint density at radius 2 is 1.62 bits per heavy atom. The van der Waals surface area contributed by atoms with E-state index in [4.69, 9.17) is 0 Å². The molecule has 1 heteroatoms. The van der Waals surface area contributed by atoms with E-state index in [1.807, 2.05) is 0 Å². The van der Waals surface area contributed by atoms with Crippen molar-refractivity contribution in [3.05, 3.63) is 0 Å². The third-order valence-electron chi connectivity index (χ3n) is 4.77. The monoisotopic (exact) mass is 221 g/mol. The molecule has 3 saturated carbocycles. The molecule has 0 aliphatic heterocycles. The summed E-state index contributed by atoms with van der Waals surface area (Å²) in [6, 6.07) is 0.907. The second-order valence-electron chi connectivity index (χ2n) is 7.18. The second-order valence-corrected chi connectivity index (χ2v) is 7.18. The first kappa shape index (κ1) is 11.1. The smallest absolute Gasteiger partial charge is 0.0124 e. The van der Waals surface area contributed by atoms with Crippen LogP contribution in [0.5, 0.6) is 0 Å². The van der Waals surface area contributed by atoms with Gasteiger partial charge in [-0.25, -0.2) is 0 Å². The van der Waals surface area contributed by atoms with Crippen molar-refractivity contribution >= 4 is 0 Å². The van der Waals surface area contributed by atoms with Gasteiger partial charge in [-0.2, -0.15) is 0 Å². The Labute approximate surface area is 100 Å². The molecular weight excluding hydrogens is 194 g/mol. The molecule has 1 N–H and O–H groups in total. The van der Waals surface area contributed by atoms with Crippen LogP contribution in [0.2, 0.25) is 0 Å². The van der Waals surface area contributed by atoms with Crippen molar-refractivity contribution in [3.8, 4) is 0 Å². The molecule has 0 aromatic rings. The highest BCUT2D eigenvalue weighted by Crippen LogP contribution is 2.51. The zero-order valence-corrected chi connectivity index (χ0v) is 11.0. The van der Waals surface area contributed by atoms with Crippen molar-refractivity contribution in [2.45, 2.75) is 64.8 Å². The molecule has 0 aromatic carbocycles. The Bertz CT molecular complexity index is 234. The van der Waals surface area contributed by atoms with Gasteiger partial charge in [-0.1, -0.05) is 13.8 Å². The average molecular weight is 221 g/mol. The Morgan fingerprint density at radius 1 is 1.06 bits per heavy atom. The fourth-order valence-electron chi connectivity index (χ4n) is 3.46. The van der Waals surface area contributed by atoms with Crippen LogP contribution in [-0.4, -0.2) is 12.6 Å². The number of nitrogens with one attached hydrogen (secondary N) is 1. The Kier molecular flexibility index (Phi) is 2.78. The van der Waals surface area contributed by atoms with Crippen LogP contribution < -0.4 is 5.32 Å². The van der Waals surface area contributed by atoms with Crippen LogP contribution >= 0.6 is 0 Å². The first-order valence-corrected chi connectivity index (χ1v) is 7.42. The van der Waals surface area contributed by atoms with Gasteiger partial charge in [-0.3, -0.25) is 0 Å². The van der Waals surface area contributed by atoms with E-state index < -0.39 is 0 Å².